The van der Waals surface area contributed by atoms with Gasteiger partial charge in [0.2, 0.25) is 11.8 Å². The van der Waals surface area contributed by atoms with Crippen LogP contribution in [-0.2, 0) is 0 Å². The monoisotopic (exact) mass is 295 g/mol. The van der Waals surface area contributed by atoms with E-state index < -0.39 is 4.92 Å². The number of anilines is 2. The van der Waals surface area contributed by atoms with Crippen molar-refractivity contribution in [1.82, 2.24) is 9.97 Å². The van der Waals surface area contributed by atoms with Crippen LogP contribution >= 0.6 is 0 Å². The molecular formula is C13H21N5O3. The Morgan fingerprint density at radius 1 is 1.38 bits per heavy atom. The van der Waals surface area contributed by atoms with Crippen LogP contribution in [0.4, 0.5) is 17.5 Å². The van der Waals surface area contributed by atoms with E-state index in [1.54, 1.807) is 6.92 Å². The molecule has 0 saturated heterocycles. The minimum Gasteiger partial charge on any atom is -0.395 e. The molecule has 0 aromatic carbocycles. The zero-order valence-corrected chi connectivity index (χ0v) is 12.2. The third-order valence-electron chi connectivity index (χ3n) is 3.87. The number of nitrogens with zero attached hydrogens (tertiary/aromatic N) is 4. The second-order valence-electron chi connectivity index (χ2n) is 5.31. The van der Waals surface area contributed by atoms with E-state index in [1.165, 1.54) is 6.42 Å². The van der Waals surface area contributed by atoms with Gasteiger partial charge in [-0.2, -0.15) is 4.98 Å². The summed E-state index contributed by atoms with van der Waals surface area (Å²) in [4.78, 5) is 20.7. The molecule has 8 nitrogen and oxygen atoms in total. The molecule has 1 heterocycles. The average molecular weight is 295 g/mol. The predicted molar refractivity (Wildman–Crippen MR) is 79.1 cm³/mol. The third-order valence-corrected chi connectivity index (χ3v) is 3.87. The number of nitro groups is 1. The van der Waals surface area contributed by atoms with Gasteiger partial charge in [-0.3, -0.25) is 10.1 Å². The summed E-state index contributed by atoms with van der Waals surface area (Å²) in [5.41, 5.74) is 5.79. The zero-order chi connectivity index (χ0) is 15.4. The van der Waals surface area contributed by atoms with E-state index in [0.29, 0.717) is 6.54 Å². The smallest absolute Gasteiger partial charge is 0.332 e. The van der Waals surface area contributed by atoms with E-state index in [-0.39, 0.29) is 35.8 Å². The molecule has 1 fully saturated rings. The quantitative estimate of drug-likeness (QED) is 0.622. The van der Waals surface area contributed by atoms with Crippen molar-refractivity contribution in [1.29, 1.82) is 0 Å². The molecule has 1 saturated carbocycles. The maximum atomic E-state index is 11.3. The summed E-state index contributed by atoms with van der Waals surface area (Å²) >= 11 is 0. The van der Waals surface area contributed by atoms with E-state index in [9.17, 15) is 15.2 Å². The van der Waals surface area contributed by atoms with Gasteiger partial charge in [-0.05, 0) is 19.8 Å². The Morgan fingerprint density at radius 2 is 2.05 bits per heavy atom. The lowest BCUT2D eigenvalue weighted by Crippen LogP contribution is -2.40. The van der Waals surface area contributed by atoms with Gasteiger partial charge in [0, 0.05) is 12.6 Å². The van der Waals surface area contributed by atoms with Crippen molar-refractivity contribution >= 4 is 17.5 Å². The third kappa shape index (κ3) is 3.38. The number of aryl methyl sites for hydroxylation is 1. The van der Waals surface area contributed by atoms with E-state index in [2.05, 4.69) is 9.97 Å². The number of aliphatic hydroxyl groups excluding tert-OH is 1. The SMILES string of the molecule is Cc1nc(N)nc(N(CCO)C2CCCCC2)c1[N+](=O)[O-]. The van der Waals surface area contributed by atoms with Gasteiger partial charge in [-0.15, -0.1) is 0 Å². The van der Waals surface area contributed by atoms with E-state index in [1.807, 2.05) is 4.90 Å². The molecule has 21 heavy (non-hydrogen) atoms. The number of hydrogen-bond donors (Lipinski definition) is 2. The van der Waals surface area contributed by atoms with Crippen LogP contribution in [0.25, 0.3) is 0 Å². The first-order chi connectivity index (χ1) is 10.0. The Kier molecular flexibility index (Phi) is 4.89. The molecular weight excluding hydrogens is 274 g/mol. The first-order valence-corrected chi connectivity index (χ1v) is 7.20. The number of rotatable bonds is 5. The molecule has 8 heteroatoms. The topological polar surface area (TPSA) is 118 Å². The highest BCUT2D eigenvalue weighted by atomic mass is 16.6. The van der Waals surface area contributed by atoms with Crippen molar-refractivity contribution in [3.05, 3.63) is 15.8 Å². The summed E-state index contributed by atoms with van der Waals surface area (Å²) in [6.45, 7) is 1.77. The molecule has 0 bridgehead atoms. The van der Waals surface area contributed by atoms with Crippen LogP contribution in [0.1, 0.15) is 37.8 Å². The summed E-state index contributed by atoms with van der Waals surface area (Å²) in [6.07, 6.45) is 5.23. The largest absolute Gasteiger partial charge is 0.395 e. The van der Waals surface area contributed by atoms with Crippen molar-refractivity contribution in [2.45, 2.75) is 45.1 Å². The van der Waals surface area contributed by atoms with E-state index in [4.69, 9.17) is 5.73 Å². The van der Waals surface area contributed by atoms with Crippen molar-refractivity contribution in [3.63, 3.8) is 0 Å². The van der Waals surface area contributed by atoms with Crippen LogP contribution in [0.3, 0.4) is 0 Å². The summed E-state index contributed by atoms with van der Waals surface area (Å²) in [6, 6.07) is 0.151. The Hall–Kier alpha value is -1.96. The van der Waals surface area contributed by atoms with Crippen LogP contribution < -0.4 is 10.6 Å². The van der Waals surface area contributed by atoms with Gasteiger partial charge < -0.3 is 15.7 Å². The van der Waals surface area contributed by atoms with Crippen molar-refractivity contribution in [2.24, 2.45) is 0 Å². The molecule has 0 unspecified atom stereocenters. The second kappa shape index (κ2) is 6.66. The fourth-order valence-electron chi connectivity index (χ4n) is 2.95. The molecule has 0 aliphatic heterocycles. The summed E-state index contributed by atoms with van der Waals surface area (Å²) in [5.74, 6) is 0.248. The number of hydrogen-bond acceptors (Lipinski definition) is 7. The molecule has 1 aliphatic carbocycles. The van der Waals surface area contributed by atoms with E-state index >= 15 is 0 Å². The molecule has 0 spiro atoms. The second-order valence-corrected chi connectivity index (χ2v) is 5.31. The average Bonchev–Trinajstić information content (AvgIpc) is 2.44. The van der Waals surface area contributed by atoms with Gasteiger partial charge in [0.05, 0.1) is 11.5 Å². The molecule has 1 aliphatic rings. The standard InChI is InChI=1S/C13H21N5O3/c1-9-11(18(20)21)12(16-13(14)15-9)17(7-8-19)10-5-3-2-4-6-10/h10,19H,2-8H2,1H3,(H2,14,15,16). The van der Waals surface area contributed by atoms with Gasteiger partial charge in [0.25, 0.3) is 0 Å². The van der Waals surface area contributed by atoms with Gasteiger partial charge in [0.15, 0.2) is 0 Å². The molecule has 0 atom stereocenters. The van der Waals surface area contributed by atoms with Gasteiger partial charge in [-0.25, -0.2) is 4.98 Å². The van der Waals surface area contributed by atoms with Crippen molar-refractivity contribution in [2.75, 3.05) is 23.8 Å². The van der Waals surface area contributed by atoms with Crippen LogP contribution in [0, 0.1) is 17.0 Å². The molecule has 0 amide bonds. The fraction of sp³-hybridized carbons (Fsp3) is 0.692. The number of aromatic nitrogens is 2. The lowest BCUT2D eigenvalue weighted by atomic mass is 9.94. The maximum absolute atomic E-state index is 11.3. The predicted octanol–water partition coefficient (Wildman–Crippen LogP) is 1.41. The number of aliphatic hydroxyl groups is 1. The zero-order valence-electron chi connectivity index (χ0n) is 12.2. The minimum absolute atomic E-state index is 0.0202. The van der Waals surface area contributed by atoms with Crippen LogP contribution in [0.5, 0.6) is 0 Å². The molecule has 1 aromatic rings. The Bertz CT molecular complexity index is 517. The molecule has 0 radical (unpaired) electrons. The molecule has 1 aromatic heterocycles. The molecule has 2 rings (SSSR count). The van der Waals surface area contributed by atoms with Gasteiger partial charge >= 0.3 is 5.69 Å². The van der Waals surface area contributed by atoms with E-state index in [0.717, 1.165) is 25.7 Å². The lowest BCUT2D eigenvalue weighted by molar-refractivity contribution is -0.385. The Balaban J connectivity index is 2.45. The summed E-state index contributed by atoms with van der Waals surface area (Å²) in [5, 5.41) is 20.7. The number of nitrogen functional groups attached to an aromatic ring is 1. The highest BCUT2D eigenvalue weighted by Gasteiger charge is 2.30. The lowest BCUT2D eigenvalue weighted by Gasteiger charge is -2.34. The maximum Gasteiger partial charge on any atom is 0.332 e. The van der Waals surface area contributed by atoms with Crippen molar-refractivity contribution in [3.8, 4) is 0 Å². The van der Waals surface area contributed by atoms with Gasteiger partial charge in [-0.1, -0.05) is 19.3 Å². The first-order valence-electron chi connectivity index (χ1n) is 7.20. The molecule has 116 valence electrons. The Labute approximate surface area is 123 Å². The van der Waals surface area contributed by atoms with Crippen LogP contribution in [0.2, 0.25) is 0 Å². The normalized spacial score (nSPS) is 15.9. The minimum atomic E-state index is -0.475. The fourth-order valence-corrected chi connectivity index (χ4v) is 2.95. The molecule has 3 N–H and O–H groups in total. The van der Waals surface area contributed by atoms with Crippen LogP contribution in [0.15, 0.2) is 0 Å². The highest BCUT2D eigenvalue weighted by molar-refractivity contribution is 5.62. The van der Waals surface area contributed by atoms with Crippen LogP contribution in [-0.4, -0.2) is 39.2 Å². The summed E-state index contributed by atoms with van der Waals surface area (Å²) < 4.78 is 0. The number of nitrogens with two attached hydrogens (primary N) is 1. The first kappa shape index (κ1) is 15.4. The summed E-state index contributed by atoms with van der Waals surface area (Å²) in [7, 11) is 0. The highest BCUT2D eigenvalue weighted by Crippen LogP contribution is 2.33. The van der Waals surface area contributed by atoms with Gasteiger partial charge in [0.1, 0.15) is 5.69 Å². The van der Waals surface area contributed by atoms with Crippen molar-refractivity contribution < 1.29 is 10.0 Å². The Morgan fingerprint density at radius 3 is 2.62 bits per heavy atom.